The molecule has 0 radical (unpaired) electrons. The van der Waals surface area contributed by atoms with Gasteiger partial charge in [-0.3, -0.25) is 0 Å². The zero-order valence-electron chi connectivity index (χ0n) is 8.19. The topological polar surface area (TPSA) is 51.0 Å². The number of nitrogens with zero attached hydrogens (tertiary/aromatic N) is 4. The minimum Gasteiger partial charge on any atom is -0.323 e. The molecule has 0 fully saturated rings. The third-order valence-corrected chi connectivity index (χ3v) is 1.84. The molecule has 1 aromatic rings. The van der Waals surface area contributed by atoms with Crippen molar-refractivity contribution in [2.45, 2.75) is 20.8 Å². The van der Waals surface area contributed by atoms with Crippen molar-refractivity contribution in [3.8, 4) is 0 Å². The van der Waals surface area contributed by atoms with Gasteiger partial charge in [0.25, 0.3) is 0 Å². The van der Waals surface area contributed by atoms with Crippen LogP contribution in [0.2, 0.25) is 0 Å². The van der Waals surface area contributed by atoms with Crippen molar-refractivity contribution >= 4 is 6.03 Å². The van der Waals surface area contributed by atoms with Crippen LogP contribution in [0.25, 0.3) is 0 Å². The second-order valence-corrected chi connectivity index (χ2v) is 2.69. The molecule has 0 bridgehead atoms. The molecule has 0 atom stereocenters. The number of rotatable bonds is 2. The van der Waals surface area contributed by atoms with E-state index in [-0.39, 0.29) is 6.03 Å². The molecule has 0 aliphatic carbocycles. The average Bonchev–Trinajstić information content (AvgIpc) is 2.54. The highest BCUT2D eigenvalue weighted by atomic mass is 16.2. The summed E-state index contributed by atoms with van der Waals surface area (Å²) in [5.74, 6) is 0.612. The Morgan fingerprint density at radius 3 is 2.54 bits per heavy atom. The molecule has 0 aliphatic rings. The highest BCUT2D eigenvalue weighted by molar-refractivity contribution is 5.75. The fourth-order valence-electron chi connectivity index (χ4n) is 1.08. The summed E-state index contributed by atoms with van der Waals surface area (Å²) in [5.41, 5.74) is 0. The highest BCUT2D eigenvalue weighted by Crippen LogP contribution is 1.94. The summed E-state index contributed by atoms with van der Waals surface area (Å²) in [5, 5.41) is 3.94. The minimum atomic E-state index is -0.120. The second kappa shape index (κ2) is 4.02. The summed E-state index contributed by atoms with van der Waals surface area (Å²) in [4.78, 5) is 17.2. The number of aryl methyl sites for hydroxylation is 1. The first-order valence-electron chi connectivity index (χ1n) is 4.36. The molecule has 72 valence electrons. The number of carbonyl (C=O) groups excluding carboxylic acids is 1. The van der Waals surface area contributed by atoms with Gasteiger partial charge in [0.05, 0.1) is 0 Å². The SMILES string of the molecule is CCN(CC)C(=O)n1cnc(C)n1. The van der Waals surface area contributed by atoms with Crippen LogP contribution in [0, 0.1) is 6.92 Å². The Balaban J connectivity index is 2.78. The van der Waals surface area contributed by atoms with Crippen LogP contribution in [0.3, 0.4) is 0 Å². The second-order valence-electron chi connectivity index (χ2n) is 2.69. The van der Waals surface area contributed by atoms with Crippen molar-refractivity contribution in [1.29, 1.82) is 0 Å². The Morgan fingerprint density at radius 2 is 2.15 bits per heavy atom. The Labute approximate surface area is 77.4 Å². The van der Waals surface area contributed by atoms with Gasteiger partial charge in [-0.1, -0.05) is 0 Å². The third kappa shape index (κ3) is 2.05. The van der Waals surface area contributed by atoms with Crippen LogP contribution in [-0.2, 0) is 0 Å². The monoisotopic (exact) mass is 182 g/mol. The first kappa shape index (κ1) is 9.70. The lowest BCUT2D eigenvalue weighted by molar-refractivity contribution is 0.201. The lowest BCUT2D eigenvalue weighted by Crippen LogP contribution is -2.34. The lowest BCUT2D eigenvalue weighted by Gasteiger charge is -2.17. The number of amides is 1. The third-order valence-electron chi connectivity index (χ3n) is 1.84. The van der Waals surface area contributed by atoms with Gasteiger partial charge >= 0.3 is 6.03 Å². The zero-order valence-corrected chi connectivity index (χ0v) is 8.19. The van der Waals surface area contributed by atoms with E-state index >= 15 is 0 Å². The predicted molar refractivity (Wildman–Crippen MR) is 48.5 cm³/mol. The van der Waals surface area contributed by atoms with Crippen LogP contribution in [0.1, 0.15) is 19.7 Å². The van der Waals surface area contributed by atoms with E-state index in [2.05, 4.69) is 10.1 Å². The molecule has 0 unspecified atom stereocenters. The van der Waals surface area contributed by atoms with E-state index in [1.807, 2.05) is 13.8 Å². The van der Waals surface area contributed by atoms with Gasteiger partial charge in [-0.15, -0.1) is 5.10 Å². The molecule has 5 nitrogen and oxygen atoms in total. The van der Waals surface area contributed by atoms with Gasteiger partial charge in [-0.2, -0.15) is 4.68 Å². The molecular weight excluding hydrogens is 168 g/mol. The first-order chi connectivity index (χ1) is 6.19. The largest absolute Gasteiger partial charge is 0.346 e. The van der Waals surface area contributed by atoms with Crippen LogP contribution >= 0.6 is 0 Å². The standard InChI is InChI=1S/C8H14N4O/c1-4-11(5-2)8(13)12-6-9-7(3)10-12/h6H,4-5H2,1-3H3. The molecule has 0 saturated heterocycles. The fraction of sp³-hybridized carbons (Fsp3) is 0.625. The molecule has 1 aromatic heterocycles. The van der Waals surface area contributed by atoms with Crippen molar-refractivity contribution in [1.82, 2.24) is 19.7 Å². The molecule has 1 amide bonds. The van der Waals surface area contributed by atoms with Crippen LogP contribution < -0.4 is 0 Å². The van der Waals surface area contributed by atoms with Crippen molar-refractivity contribution < 1.29 is 4.79 Å². The van der Waals surface area contributed by atoms with E-state index in [9.17, 15) is 4.79 Å². The van der Waals surface area contributed by atoms with Crippen molar-refractivity contribution in [3.05, 3.63) is 12.2 Å². The Morgan fingerprint density at radius 1 is 1.54 bits per heavy atom. The molecule has 5 heteroatoms. The average molecular weight is 182 g/mol. The molecule has 0 aromatic carbocycles. The molecule has 1 heterocycles. The smallest absolute Gasteiger partial charge is 0.323 e. The van der Waals surface area contributed by atoms with Crippen LogP contribution in [-0.4, -0.2) is 38.8 Å². The molecule has 0 aliphatic heterocycles. The molecule has 1 rings (SSSR count). The van der Waals surface area contributed by atoms with E-state index in [1.54, 1.807) is 11.8 Å². The van der Waals surface area contributed by atoms with Crippen LogP contribution in [0.5, 0.6) is 0 Å². The summed E-state index contributed by atoms with van der Waals surface area (Å²) in [6.45, 7) is 7.00. The molecule has 0 N–H and O–H groups in total. The Hall–Kier alpha value is -1.39. The van der Waals surface area contributed by atoms with E-state index in [4.69, 9.17) is 0 Å². The van der Waals surface area contributed by atoms with Crippen molar-refractivity contribution in [3.63, 3.8) is 0 Å². The molecule has 0 spiro atoms. The number of hydrogen-bond acceptors (Lipinski definition) is 3. The quantitative estimate of drug-likeness (QED) is 0.682. The maximum atomic E-state index is 11.6. The van der Waals surface area contributed by atoms with Crippen molar-refractivity contribution in [2.75, 3.05) is 13.1 Å². The van der Waals surface area contributed by atoms with E-state index in [0.29, 0.717) is 18.9 Å². The van der Waals surface area contributed by atoms with E-state index in [1.165, 1.54) is 11.0 Å². The Kier molecular flexibility index (Phi) is 3.00. The maximum Gasteiger partial charge on any atom is 0.346 e. The van der Waals surface area contributed by atoms with Gasteiger partial charge in [0.2, 0.25) is 0 Å². The predicted octanol–water partition coefficient (Wildman–Crippen LogP) is 0.896. The highest BCUT2D eigenvalue weighted by Gasteiger charge is 2.12. The summed E-state index contributed by atoms with van der Waals surface area (Å²) >= 11 is 0. The van der Waals surface area contributed by atoms with Crippen LogP contribution in [0.15, 0.2) is 6.33 Å². The van der Waals surface area contributed by atoms with Gasteiger partial charge in [0, 0.05) is 13.1 Å². The summed E-state index contributed by atoms with van der Waals surface area (Å²) < 4.78 is 1.27. The molecule has 0 saturated carbocycles. The molecule has 13 heavy (non-hydrogen) atoms. The fourth-order valence-corrected chi connectivity index (χ4v) is 1.08. The minimum absolute atomic E-state index is 0.120. The number of aromatic nitrogens is 3. The normalized spacial score (nSPS) is 10.1. The van der Waals surface area contributed by atoms with Crippen molar-refractivity contribution in [2.24, 2.45) is 0 Å². The first-order valence-corrected chi connectivity index (χ1v) is 4.36. The van der Waals surface area contributed by atoms with E-state index in [0.717, 1.165) is 0 Å². The summed E-state index contributed by atoms with van der Waals surface area (Å²) in [6.07, 6.45) is 1.44. The van der Waals surface area contributed by atoms with Gasteiger partial charge < -0.3 is 4.90 Å². The molecular formula is C8H14N4O. The summed E-state index contributed by atoms with van der Waals surface area (Å²) in [6, 6.07) is -0.120. The number of hydrogen-bond donors (Lipinski definition) is 0. The Bertz CT molecular complexity index is 290. The maximum absolute atomic E-state index is 11.6. The number of carbonyl (C=O) groups is 1. The van der Waals surface area contributed by atoms with E-state index < -0.39 is 0 Å². The lowest BCUT2D eigenvalue weighted by atomic mass is 10.5. The van der Waals surface area contributed by atoms with Gasteiger partial charge in [0.1, 0.15) is 12.2 Å². The van der Waals surface area contributed by atoms with Gasteiger partial charge in [0.15, 0.2) is 0 Å². The van der Waals surface area contributed by atoms with Gasteiger partial charge in [-0.25, -0.2) is 9.78 Å². The zero-order chi connectivity index (χ0) is 9.84. The summed E-state index contributed by atoms with van der Waals surface area (Å²) in [7, 11) is 0. The van der Waals surface area contributed by atoms with Crippen LogP contribution in [0.4, 0.5) is 4.79 Å². The van der Waals surface area contributed by atoms with Gasteiger partial charge in [-0.05, 0) is 20.8 Å².